The van der Waals surface area contributed by atoms with E-state index in [4.69, 9.17) is 9.72 Å². The van der Waals surface area contributed by atoms with Crippen molar-refractivity contribution >= 4 is 22.6 Å². The van der Waals surface area contributed by atoms with Crippen LogP contribution in [0.2, 0.25) is 0 Å². The maximum absolute atomic E-state index is 13.0. The van der Waals surface area contributed by atoms with Crippen LogP contribution < -0.4 is 5.56 Å². The fourth-order valence-electron chi connectivity index (χ4n) is 3.72. The first kappa shape index (κ1) is 19.4. The summed E-state index contributed by atoms with van der Waals surface area (Å²) >= 11 is 0. The van der Waals surface area contributed by atoms with Crippen molar-refractivity contribution in [3.8, 4) is 0 Å². The number of aryl methyl sites for hydroxylation is 1. The predicted molar refractivity (Wildman–Crippen MR) is 115 cm³/mol. The predicted octanol–water partition coefficient (Wildman–Crippen LogP) is 3.56. The zero-order chi connectivity index (χ0) is 21.7. The Labute approximate surface area is 178 Å². The molecular weight excluding hydrogens is 394 g/mol. The lowest BCUT2D eigenvalue weighted by Crippen LogP contribution is -2.17. The molecule has 5 rings (SSSR count). The average molecular weight is 417 g/mol. The summed E-state index contributed by atoms with van der Waals surface area (Å²) in [7, 11) is 0. The third-order valence-electron chi connectivity index (χ3n) is 5.50. The molecule has 158 valence electrons. The van der Waals surface area contributed by atoms with Crippen LogP contribution in [0.3, 0.4) is 0 Å². The van der Waals surface area contributed by atoms with E-state index in [1.54, 1.807) is 18.5 Å². The average Bonchev–Trinajstić information content (AvgIpc) is 3.50. The van der Waals surface area contributed by atoms with Gasteiger partial charge in [-0.3, -0.25) is 9.20 Å². The summed E-state index contributed by atoms with van der Waals surface area (Å²) in [6, 6.07) is 7.00. The SMILES string of the molecule is Cc1ccc2nc(COC(=O)c3cc(C4CC4)nc4c3cnn4C(C)C)cc(=O)n2c1. The van der Waals surface area contributed by atoms with Crippen LogP contribution in [-0.2, 0) is 11.3 Å². The van der Waals surface area contributed by atoms with Crippen LogP contribution in [0.25, 0.3) is 16.7 Å². The molecule has 4 heterocycles. The minimum Gasteiger partial charge on any atom is -0.456 e. The fraction of sp³-hybridized carbons (Fsp3) is 0.348. The van der Waals surface area contributed by atoms with E-state index >= 15 is 0 Å². The second-order valence-corrected chi connectivity index (χ2v) is 8.39. The number of nitrogens with zero attached hydrogens (tertiary/aromatic N) is 5. The molecule has 0 bridgehead atoms. The third-order valence-corrected chi connectivity index (χ3v) is 5.50. The van der Waals surface area contributed by atoms with Gasteiger partial charge in [-0.25, -0.2) is 19.4 Å². The lowest BCUT2D eigenvalue weighted by molar-refractivity contribution is 0.0470. The van der Waals surface area contributed by atoms with Gasteiger partial charge in [0.05, 0.1) is 22.8 Å². The van der Waals surface area contributed by atoms with Crippen molar-refractivity contribution in [3.05, 3.63) is 69.5 Å². The molecule has 1 fully saturated rings. The van der Waals surface area contributed by atoms with E-state index in [1.807, 2.05) is 37.6 Å². The number of hydrogen-bond acceptors (Lipinski definition) is 6. The molecule has 1 aliphatic carbocycles. The van der Waals surface area contributed by atoms with Crippen molar-refractivity contribution in [2.24, 2.45) is 0 Å². The first-order valence-electron chi connectivity index (χ1n) is 10.4. The number of pyridine rings is 2. The Kier molecular flexibility index (Phi) is 4.57. The molecule has 8 nitrogen and oxygen atoms in total. The maximum Gasteiger partial charge on any atom is 0.339 e. The van der Waals surface area contributed by atoms with Gasteiger partial charge in [0.15, 0.2) is 5.65 Å². The van der Waals surface area contributed by atoms with Crippen LogP contribution in [0.15, 0.2) is 41.5 Å². The quantitative estimate of drug-likeness (QED) is 0.461. The first-order chi connectivity index (χ1) is 14.9. The summed E-state index contributed by atoms with van der Waals surface area (Å²) in [6.07, 6.45) is 5.55. The number of esters is 1. The van der Waals surface area contributed by atoms with Gasteiger partial charge in [0.25, 0.3) is 5.56 Å². The van der Waals surface area contributed by atoms with Gasteiger partial charge in [-0.1, -0.05) is 6.07 Å². The Hall–Kier alpha value is -3.55. The van der Waals surface area contributed by atoms with Gasteiger partial charge in [-0.05, 0) is 51.3 Å². The lowest BCUT2D eigenvalue weighted by Gasteiger charge is -2.10. The molecule has 0 N–H and O–H groups in total. The molecule has 0 atom stereocenters. The van der Waals surface area contributed by atoms with Crippen molar-refractivity contribution in [1.82, 2.24) is 24.1 Å². The number of rotatable bonds is 5. The van der Waals surface area contributed by atoms with Gasteiger partial charge in [0, 0.05) is 29.9 Å². The molecule has 0 aliphatic heterocycles. The molecule has 4 aromatic rings. The largest absolute Gasteiger partial charge is 0.456 e. The van der Waals surface area contributed by atoms with E-state index in [0.717, 1.165) is 24.1 Å². The van der Waals surface area contributed by atoms with Crippen LogP contribution in [0.1, 0.15) is 66.0 Å². The van der Waals surface area contributed by atoms with Crippen LogP contribution in [-0.4, -0.2) is 30.1 Å². The van der Waals surface area contributed by atoms with Crippen molar-refractivity contribution < 1.29 is 9.53 Å². The first-order valence-corrected chi connectivity index (χ1v) is 10.4. The zero-order valence-electron chi connectivity index (χ0n) is 17.7. The number of aromatic nitrogens is 5. The molecule has 1 saturated carbocycles. The number of fused-ring (bicyclic) bond motifs is 2. The highest BCUT2D eigenvalue weighted by Crippen LogP contribution is 2.40. The molecule has 0 saturated heterocycles. The topological polar surface area (TPSA) is 91.4 Å². The van der Waals surface area contributed by atoms with Gasteiger partial charge in [-0.2, -0.15) is 5.10 Å². The van der Waals surface area contributed by atoms with Crippen LogP contribution in [0, 0.1) is 6.92 Å². The second-order valence-electron chi connectivity index (χ2n) is 8.39. The van der Waals surface area contributed by atoms with Gasteiger partial charge in [0.2, 0.25) is 0 Å². The molecule has 0 amide bonds. The highest BCUT2D eigenvalue weighted by molar-refractivity contribution is 6.02. The molecule has 1 aliphatic rings. The van der Waals surface area contributed by atoms with E-state index in [2.05, 4.69) is 10.1 Å². The second kappa shape index (κ2) is 7.30. The summed E-state index contributed by atoms with van der Waals surface area (Å²) in [4.78, 5) is 34.6. The standard InChI is InChI=1S/C23H23N5O3/c1-13(2)28-22-18(10-24-28)17(9-19(26-22)15-5-6-15)23(30)31-12-16-8-21(29)27-11-14(3)4-7-20(27)25-16/h4,7-11,13,15H,5-6,12H2,1-3H3. The number of carbonyl (C=O) groups is 1. The molecule has 0 unspecified atom stereocenters. The molecule has 8 heteroatoms. The van der Waals surface area contributed by atoms with Crippen LogP contribution in [0.5, 0.6) is 0 Å². The number of hydrogen-bond donors (Lipinski definition) is 0. The Morgan fingerprint density at radius 1 is 1.23 bits per heavy atom. The van der Waals surface area contributed by atoms with E-state index < -0.39 is 5.97 Å². The highest BCUT2D eigenvalue weighted by Gasteiger charge is 2.28. The summed E-state index contributed by atoms with van der Waals surface area (Å²) in [5.74, 6) is -0.0827. The monoisotopic (exact) mass is 417 g/mol. The molecule has 0 spiro atoms. The molecule has 0 radical (unpaired) electrons. The van der Waals surface area contributed by atoms with Crippen molar-refractivity contribution in [1.29, 1.82) is 0 Å². The van der Waals surface area contributed by atoms with Gasteiger partial charge < -0.3 is 4.74 Å². The smallest absolute Gasteiger partial charge is 0.339 e. The summed E-state index contributed by atoms with van der Waals surface area (Å²) < 4.78 is 8.87. The van der Waals surface area contributed by atoms with Crippen molar-refractivity contribution in [2.45, 2.75) is 52.2 Å². The fourth-order valence-corrected chi connectivity index (χ4v) is 3.72. The van der Waals surface area contributed by atoms with Crippen LogP contribution in [0.4, 0.5) is 0 Å². The van der Waals surface area contributed by atoms with E-state index in [-0.39, 0.29) is 18.2 Å². The highest BCUT2D eigenvalue weighted by atomic mass is 16.5. The van der Waals surface area contributed by atoms with Crippen molar-refractivity contribution in [2.75, 3.05) is 0 Å². The third kappa shape index (κ3) is 3.58. The minimum atomic E-state index is -0.469. The summed E-state index contributed by atoms with van der Waals surface area (Å²) in [5.41, 5.74) is 3.73. The van der Waals surface area contributed by atoms with Crippen molar-refractivity contribution in [3.63, 3.8) is 0 Å². The molecule has 0 aromatic carbocycles. The Balaban J connectivity index is 1.46. The normalized spacial score (nSPS) is 13.9. The minimum absolute atomic E-state index is 0.0840. The number of carbonyl (C=O) groups excluding carboxylic acids is 1. The number of ether oxygens (including phenoxy) is 1. The molecule has 31 heavy (non-hydrogen) atoms. The Morgan fingerprint density at radius 3 is 2.77 bits per heavy atom. The molecule has 4 aromatic heterocycles. The maximum atomic E-state index is 13.0. The van der Waals surface area contributed by atoms with Gasteiger partial charge >= 0.3 is 5.97 Å². The Bertz CT molecular complexity index is 1380. The van der Waals surface area contributed by atoms with Crippen LogP contribution >= 0.6 is 0 Å². The van der Waals surface area contributed by atoms with E-state index in [1.165, 1.54) is 10.5 Å². The lowest BCUT2D eigenvalue weighted by atomic mass is 10.1. The zero-order valence-corrected chi connectivity index (χ0v) is 17.7. The van der Waals surface area contributed by atoms with Gasteiger partial charge in [0.1, 0.15) is 12.3 Å². The Morgan fingerprint density at radius 2 is 2.03 bits per heavy atom. The molecular formula is C23H23N5O3. The summed E-state index contributed by atoms with van der Waals surface area (Å²) in [6.45, 7) is 5.89. The summed E-state index contributed by atoms with van der Waals surface area (Å²) in [5, 5.41) is 5.09. The van der Waals surface area contributed by atoms with E-state index in [0.29, 0.717) is 33.9 Å². The van der Waals surface area contributed by atoms with Gasteiger partial charge in [-0.15, -0.1) is 0 Å². The van der Waals surface area contributed by atoms with E-state index in [9.17, 15) is 9.59 Å².